The van der Waals surface area contributed by atoms with Crippen molar-refractivity contribution in [1.82, 2.24) is 14.8 Å². The molecule has 6 nitrogen and oxygen atoms in total. The molecule has 170 valence electrons. The van der Waals surface area contributed by atoms with E-state index in [0.717, 1.165) is 37.5 Å². The van der Waals surface area contributed by atoms with Gasteiger partial charge in [-0.3, -0.25) is 4.72 Å². The van der Waals surface area contributed by atoms with Gasteiger partial charge in [-0.15, -0.1) is 10.2 Å². The van der Waals surface area contributed by atoms with Crippen molar-refractivity contribution in [1.29, 1.82) is 0 Å². The molecule has 0 radical (unpaired) electrons. The highest BCUT2D eigenvalue weighted by Gasteiger charge is 2.31. The monoisotopic (exact) mass is 472 g/mol. The summed E-state index contributed by atoms with van der Waals surface area (Å²) in [5.41, 5.74) is -1.73. The third kappa shape index (κ3) is 4.31. The summed E-state index contributed by atoms with van der Waals surface area (Å²) in [5, 5.41) is 8.05. The highest BCUT2D eigenvalue weighted by Crippen LogP contribution is 2.32. The summed E-state index contributed by atoms with van der Waals surface area (Å²) < 4.78 is 96.0. The van der Waals surface area contributed by atoms with E-state index in [1.165, 1.54) is 0 Å². The molecule has 0 spiro atoms. The molecule has 0 saturated carbocycles. The topological polar surface area (TPSA) is 76.9 Å². The molecule has 0 bridgehead atoms. The number of halogens is 5. The largest absolute Gasteiger partial charge is 0.416 e. The average molecular weight is 472 g/mol. The number of alkyl halides is 3. The van der Waals surface area contributed by atoms with Crippen LogP contribution in [0.2, 0.25) is 0 Å². The Hall–Kier alpha value is -3.02. The third-order valence-corrected chi connectivity index (χ3v) is 6.52. The zero-order chi connectivity index (χ0) is 23.1. The van der Waals surface area contributed by atoms with Crippen LogP contribution in [0.15, 0.2) is 41.3 Å². The summed E-state index contributed by atoms with van der Waals surface area (Å²) in [6.07, 6.45) is -1.28. The maximum absolute atomic E-state index is 14.6. The number of hydrogen-bond donors (Lipinski definition) is 1. The lowest BCUT2D eigenvalue weighted by molar-refractivity contribution is -0.137. The Morgan fingerprint density at radius 1 is 0.938 bits per heavy atom. The minimum absolute atomic E-state index is 0.142. The molecule has 1 N–H and O–H groups in total. The van der Waals surface area contributed by atoms with Crippen LogP contribution in [0.4, 0.5) is 27.6 Å². The summed E-state index contributed by atoms with van der Waals surface area (Å²) in [5.74, 6) is -1.32. The smallest absolute Gasteiger partial charge is 0.311 e. The fourth-order valence-electron chi connectivity index (χ4n) is 3.51. The number of nitrogens with one attached hydrogen (secondary N) is 1. The molecule has 12 heteroatoms. The van der Waals surface area contributed by atoms with E-state index in [2.05, 4.69) is 10.2 Å². The molecule has 2 heterocycles. The van der Waals surface area contributed by atoms with Crippen molar-refractivity contribution in [3.05, 3.63) is 59.4 Å². The number of nitrogens with zero attached hydrogens (tertiary/aromatic N) is 3. The highest BCUT2D eigenvalue weighted by molar-refractivity contribution is 7.92. The Bertz CT molecular complexity index is 1250. The van der Waals surface area contributed by atoms with E-state index in [0.29, 0.717) is 37.0 Å². The summed E-state index contributed by atoms with van der Waals surface area (Å²) in [6, 6.07) is 4.21. The van der Waals surface area contributed by atoms with Gasteiger partial charge >= 0.3 is 6.18 Å². The van der Waals surface area contributed by atoms with Crippen molar-refractivity contribution < 1.29 is 30.4 Å². The Balaban J connectivity index is 1.69. The first-order valence-electron chi connectivity index (χ1n) is 9.68. The molecule has 0 unspecified atom stereocenters. The molecule has 3 aromatic rings. The van der Waals surface area contributed by atoms with E-state index in [4.69, 9.17) is 0 Å². The van der Waals surface area contributed by atoms with E-state index in [1.54, 1.807) is 4.57 Å². The Morgan fingerprint density at radius 2 is 1.66 bits per heavy atom. The zero-order valence-corrected chi connectivity index (χ0v) is 17.3. The van der Waals surface area contributed by atoms with Gasteiger partial charge in [0.05, 0.1) is 21.7 Å². The summed E-state index contributed by atoms with van der Waals surface area (Å²) >= 11 is 0. The van der Waals surface area contributed by atoms with Crippen LogP contribution >= 0.6 is 0 Å². The highest BCUT2D eigenvalue weighted by atomic mass is 32.2. The summed E-state index contributed by atoms with van der Waals surface area (Å²) in [6.45, 7) is 0.543. The first-order valence-corrected chi connectivity index (χ1v) is 11.2. The fourth-order valence-corrected chi connectivity index (χ4v) is 4.57. The SMILES string of the molecule is O=S(=O)(Nc1cc(-c2nnc3n2CCCCC3)c(F)cc1F)c1ccc(C(F)(F)F)cc1. The van der Waals surface area contributed by atoms with E-state index in [9.17, 15) is 30.4 Å². The van der Waals surface area contributed by atoms with Gasteiger partial charge in [0, 0.05) is 19.0 Å². The molecule has 4 rings (SSSR count). The number of anilines is 1. The van der Waals surface area contributed by atoms with Crippen molar-refractivity contribution in [2.24, 2.45) is 0 Å². The summed E-state index contributed by atoms with van der Waals surface area (Å²) in [4.78, 5) is -0.507. The lowest BCUT2D eigenvalue weighted by Gasteiger charge is -2.13. The molecule has 0 aliphatic carbocycles. The van der Waals surface area contributed by atoms with Crippen LogP contribution in [0.1, 0.15) is 30.7 Å². The van der Waals surface area contributed by atoms with Crippen molar-refractivity contribution in [3.8, 4) is 11.4 Å². The second-order valence-electron chi connectivity index (χ2n) is 7.34. The first-order chi connectivity index (χ1) is 15.1. The molecule has 0 atom stereocenters. The van der Waals surface area contributed by atoms with Gasteiger partial charge in [0.2, 0.25) is 0 Å². The van der Waals surface area contributed by atoms with Gasteiger partial charge in [-0.05, 0) is 43.2 Å². The van der Waals surface area contributed by atoms with Gasteiger partial charge in [-0.25, -0.2) is 17.2 Å². The molecule has 0 saturated heterocycles. The number of benzene rings is 2. The molecule has 1 aliphatic rings. The Morgan fingerprint density at radius 3 is 2.34 bits per heavy atom. The van der Waals surface area contributed by atoms with Crippen LogP contribution in [-0.2, 0) is 29.2 Å². The second kappa shape index (κ2) is 8.15. The van der Waals surface area contributed by atoms with Crippen LogP contribution in [0.5, 0.6) is 0 Å². The van der Waals surface area contributed by atoms with Crippen molar-refractivity contribution in [2.75, 3.05) is 4.72 Å². The van der Waals surface area contributed by atoms with Crippen LogP contribution in [0.3, 0.4) is 0 Å². The molecule has 2 aromatic carbocycles. The maximum atomic E-state index is 14.6. The van der Waals surface area contributed by atoms with Crippen molar-refractivity contribution in [3.63, 3.8) is 0 Å². The molecule has 1 aliphatic heterocycles. The Labute approximate surface area is 180 Å². The molecule has 0 amide bonds. The first kappa shape index (κ1) is 22.2. The normalized spacial score (nSPS) is 14.7. The molecule has 32 heavy (non-hydrogen) atoms. The number of aromatic nitrogens is 3. The molecular formula is C20H17F5N4O2S. The number of sulfonamides is 1. The average Bonchev–Trinajstić information content (AvgIpc) is 2.97. The standard InChI is InChI=1S/C20H17F5N4O2S/c21-15-11-16(22)17(10-14(15)19-27-26-18-4-2-1-3-9-29(18)19)28-32(30,31)13-7-5-12(6-8-13)20(23,24)25/h5-8,10-11,28H,1-4,9H2. The lowest BCUT2D eigenvalue weighted by atomic mass is 10.1. The predicted octanol–water partition coefficient (Wildman–Crippen LogP) is 4.77. The number of fused-ring (bicyclic) bond motifs is 1. The molecular weight excluding hydrogens is 455 g/mol. The van der Waals surface area contributed by atoms with Gasteiger partial charge in [-0.2, -0.15) is 13.2 Å². The number of rotatable bonds is 4. The quantitative estimate of drug-likeness (QED) is 0.555. The van der Waals surface area contributed by atoms with Gasteiger partial charge in [0.1, 0.15) is 17.5 Å². The predicted molar refractivity (Wildman–Crippen MR) is 105 cm³/mol. The maximum Gasteiger partial charge on any atom is 0.416 e. The molecule has 1 aromatic heterocycles. The van der Waals surface area contributed by atoms with E-state index in [-0.39, 0.29) is 11.4 Å². The van der Waals surface area contributed by atoms with Crippen LogP contribution < -0.4 is 4.72 Å². The van der Waals surface area contributed by atoms with Crippen molar-refractivity contribution in [2.45, 2.75) is 43.3 Å². The van der Waals surface area contributed by atoms with Gasteiger partial charge in [0.15, 0.2) is 5.82 Å². The minimum atomic E-state index is -4.63. The fraction of sp³-hybridized carbons (Fsp3) is 0.300. The van der Waals surface area contributed by atoms with Gasteiger partial charge in [0.25, 0.3) is 10.0 Å². The van der Waals surface area contributed by atoms with Gasteiger partial charge in [-0.1, -0.05) is 6.42 Å². The van der Waals surface area contributed by atoms with E-state index in [1.807, 2.05) is 4.72 Å². The van der Waals surface area contributed by atoms with Gasteiger partial charge < -0.3 is 4.57 Å². The number of hydrogen-bond acceptors (Lipinski definition) is 4. The lowest BCUT2D eigenvalue weighted by Crippen LogP contribution is -2.15. The van der Waals surface area contributed by atoms with E-state index < -0.39 is 44.0 Å². The second-order valence-corrected chi connectivity index (χ2v) is 9.02. The van der Waals surface area contributed by atoms with E-state index >= 15 is 0 Å². The van der Waals surface area contributed by atoms with Crippen LogP contribution in [0, 0.1) is 11.6 Å². The summed E-state index contributed by atoms with van der Waals surface area (Å²) in [7, 11) is -4.44. The molecule has 0 fully saturated rings. The minimum Gasteiger partial charge on any atom is -0.311 e. The van der Waals surface area contributed by atoms with Crippen LogP contribution in [0.25, 0.3) is 11.4 Å². The van der Waals surface area contributed by atoms with Crippen molar-refractivity contribution >= 4 is 15.7 Å². The van der Waals surface area contributed by atoms with Crippen LogP contribution in [-0.4, -0.2) is 23.2 Å². The zero-order valence-electron chi connectivity index (χ0n) is 16.5. The number of aryl methyl sites for hydroxylation is 1. The third-order valence-electron chi connectivity index (χ3n) is 5.14. The Kier molecular flexibility index (Phi) is 5.65.